The molecule has 5 nitrogen and oxygen atoms in total. The molecule has 17 heavy (non-hydrogen) atoms. The summed E-state index contributed by atoms with van der Waals surface area (Å²) >= 11 is 0. The van der Waals surface area contributed by atoms with Crippen LogP contribution in [-0.4, -0.2) is 56.7 Å². The second-order valence-corrected chi connectivity index (χ2v) is 4.66. The molecule has 1 rings (SSSR count). The number of carbonyl (C=O) groups is 1. The first-order chi connectivity index (χ1) is 8.15. The highest BCUT2D eigenvalue weighted by Gasteiger charge is 2.26. The van der Waals surface area contributed by atoms with Gasteiger partial charge in [-0.3, -0.25) is 4.79 Å². The van der Waals surface area contributed by atoms with Crippen LogP contribution in [0.25, 0.3) is 0 Å². The Morgan fingerprint density at radius 2 is 2.18 bits per heavy atom. The maximum absolute atomic E-state index is 11.8. The number of hydrogen-bond acceptors (Lipinski definition) is 4. The van der Waals surface area contributed by atoms with Crippen molar-refractivity contribution in [2.45, 2.75) is 25.8 Å². The van der Waals surface area contributed by atoms with Crippen LogP contribution in [0.15, 0.2) is 0 Å². The molecule has 1 aliphatic rings. The Labute approximate surface area is 104 Å². The van der Waals surface area contributed by atoms with Crippen LogP contribution in [0.5, 0.6) is 0 Å². The van der Waals surface area contributed by atoms with E-state index < -0.39 is 0 Å². The first-order valence-corrected chi connectivity index (χ1v) is 6.44. The molecule has 0 spiro atoms. The van der Waals surface area contributed by atoms with Gasteiger partial charge in [-0.2, -0.15) is 0 Å². The zero-order valence-corrected chi connectivity index (χ0v) is 10.9. The predicted octanol–water partition coefficient (Wildman–Crippen LogP) is -0.192. The molecule has 1 fully saturated rings. The third-order valence-electron chi connectivity index (χ3n) is 3.41. The Bertz CT molecular complexity index is 230. The van der Waals surface area contributed by atoms with Crippen molar-refractivity contribution in [3.8, 4) is 0 Å². The van der Waals surface area contributed by atoms with Gasteiger partial charge in [0, 0.05) is 26.3 Å². The number of carbonyl (C=O) groups excluding carboxylic acids is 1. The third-order valence-corrected chi connectivity index (χ3v) is 3.41. The van der Waals surface area contributed by atoms with Crippen LogP contribution in [0.2, 0.25) is 0 Å². The van der Waals surface area contributed by atoms with Crippen LogP contribution in [0.4, 0.5) is 0 Å². The average Bonchev–Trinajstić information content (AvgIpc) is 2.38. The van der Waals surface area contributed by atoms with Crippen molar-refractivity contribution < 1.29 is 9.53 Å². The summed E-state index contributed by atoms with van der Waals surface area (Å²) in [5.74, 6) is 0.244. The molecule has 0 aromatic carbocycles. The van der Waals surface area contributed by atoms with Gasteiger partial charge < -0.3 is 20.7 Å². The second-order valence-electron chi connectivity index (χ2n) is 4.66. The van der Waals surface area contributed by atoms with Crippen LogP contribution >= 0.6 is 0 Å². The monoisotopic (exact) mass is 243 g/mol. The Hall–Kier alpha value is -0.650. The number of nitrogens with zero attached hydrogens (tertiary/aromatic N) is 1. The van der Waals surface area contributed by atoms with E-state index in [4.69, 9.17) is 10.5 Å². The second kappa shape index (κ2) is 7.63. The molecule has 1 unspecified atom stereocenters. The molecular formula is C12H25N3O2. The lowest BCUT2D eigenvalue weighted by Crippen LogP contribution is -2.48. The van der Waals surface area contributed by atoms with Crippen LogP contribution in [0.1, 0.15) is 19.8 Å². The quantitative estimate of drug-likeness (QED) is 0.678. The first kappa shape index (κ1) is 14.4. The predicted molar refractivity (Wildman–Crippen MR) is 67.7 cm³/mol. The molecule has 0 saturated carbocycles. The molecule has 1 aliphatic heterocycles. The van der Waals surface area contributed by atoms with Crippen molar-refractivity contribution in [2.24, 2.45) is 11.7 Å². The lowest BCUT2D eigenvalue weighted by molar-refractivity contribution is -0.124. The molecule has 0 aromatic rings. The number of ether oxygens (including phenoxy) is 1. The van der Waals surface area contributed by atoms with Gasteiger partial charge in [0.1, 0.15) is 0 Å². The first-order valence-electron chi connectivity index (χ1n) is 6.44. The molecule has 5 heteroatoms. The number of nitrogens with one attached hydrogen (secondary N) is 1. The van der Waals surface area contributed by atoms with Crippen molar-refractivity contribution in [2.75, 3.05) is 39.9 Å². The van der Waals surface area contributed by atoms with Gasteiger partial charge in [-0.15, -0.1) is 0 Å². The topological polar surface area (TPSA) is 67.6 Å². The minimum atomic E-state index is -0.383. The molecule has 0 bridgehead atoms. The standard InChI is InChI=1S/C12H25N3O2/c1-3-15(2)7-6-14-12(16)11(13)10-4-8-17-9-5-10/h10-11H,3-9,13H2,1-2H3,(H,14,16). The molecule has 100 valence electrons. The van der Waals surface area contributed by atoms with Gasteiger partial charge in [0.15, 0.2) is 0 Å². The highest BCUT2D eigenvalue weighted by Crippen LogP contribution is 2.17. The van der Waals surface area contributed by atoms with Crippen molar-refractivity contribution >= 4 is 5.91 Å². The minimum Gasteiger partial charge on any atom is -0.381 e. The fraction of sp³-hybridized carbons (Fsp3) is 0.917. The highest BCUT2D eigenvalue weighted by molar-refractivity contribution is 5.81. The summed E-state index contributed by atoms with van der Waals surface area (Å²) in [6.07, 6.45) is 1.78. The molecule has 1 atom stereocenters. The summed E-state index contributed by atoms with van der Waals surface area (Å²) in [6.45, 7) is 6.06. The Morgan fingerprint density at radius 1 is 1.53 bits per heavy atom. The van der Waals surface area contributed by atoms with Crippen molar-refractivity contribution in [1.82, 2.24) is 10.2 Å². The fourth-order valence-corrected chi connectivity index (χ4v) is 1.93. The maximum atomic E-state index is 11.8. The fourth-order valence-electron chi connectivity index (χ4n) is 1.93. The largest absolute Gasteiger partial charge is 0.381 e. The van der Waals surface area contributed by atoms with E-state index in [9.17, 15) is 4.79 Å². The van der Waals surface area contributed by atoms with Gasteiger partial charge in [-0.1, -0.05) is 6.92 Å². The third kappa shape index (κ3) is 5.02. The number of rotatable bonds is 6. The van der Waals surface area contributed by atoms with E-state index in [0.29, 0.717) is 6.54 Å². The van der Waals surface area contributed by atoms with Crippen LogP contribution in [0, 0.1) is 5.92 Å². The van der Waals surface area contributed by atoms with E-state index in [2.05, 4.69) is 17.1 Å². The zero-order valence-electron chi connectivity index (χ0n) is 10.9. The molecule has 1 heterocycles. The van der Waals surface area contributed by atoms with E-state index in [1.165, 1.54) is 0 Å². The van der Waals surface area contributed by atoms with Crippen LogP contribution in [-0.2, 0) is 9.53 Å². The van der Waals surface area contributed by atoms with E-state index >= 15 is 0 Å². The normalized spacial score (nSPS) is 19.3. The maximum Gasteiger partial charge on any atom is 0.237 e. The molecular weight excluding hydrogens is 218 g/mol. The molecule has 0 aromatic heterocycles. The van der Waals surface area contributed by atoms with Crippen LogP contribution < -0.4 is 11.1 Å². The number of hydrogen-bond donors (Lipinski definition) is 2. The summed E-state index contributed by atoms with van der Waals surface area (Å²) in [5, 5.41) is 2.90. The molecule has 1 amide bonds. The average molecular weight is 243 g/mol. The van der Waals surface area contributed by atoms with Crippen molar-refractivity contribution in [3.63, 3.8) is 0 Å². The summed E-state index contributed by atoms with van der Waals surface area (Å²) in [4.78, 5) is 14.0. The van der Waals surface area contributed by atoms with Gasteiger partial charge in [0.25, 0.3) is 0 Å². The van der Waals surface area contributed by atoms with Gasteiger partial charge in [-0.05, 0) is 32.4 Å². The van der Waals surface area contributed by atoms with Gasteiger partial charge in [-0.25, -0.2) is 0 Å². The molecule has 0 radical (unpaired) electrons. The van der Waals surface area contributed by atoms with Crippen molar-refractivity contribution in [3.05, 3.63) is 0 Å². The van der Waals surface area contributed by atoms with E-state index in [-0.39, 0.29) is 17.9 Å². The summed E-state index contributed by atoms with van der Waals surface area (Å²) in [5.41, 5.74) is 5.96. The lowest BCUT2D eigenvalue weighted by atomic mass is 9.92. The van der Waals surface area contributed by atoms with Gasteiger partial charge in [0.2, 0.25) is 5.91 Å². The van der Waals surface area contributed by atoms with Gasteiger partial charge in [0.05, 0.1) is 6.04 Å². The number of amides is 1. The van der Waals surface area contributed by atoms with E-state index in [0.717, 1.165) is 39.1 Å². The zero-order chi connectivity index (χ0) is 12.7. The van der Waals surface area contributed by atoms with E-state index in [1.54, 1.807) is 0 Å². The summed E-state index contributed by atoms with van der Waals surface area (Å²) in [7, 11) is 2.03. The summed E-state index contributed by atoms with van der Waals surface area (Å²) in [6, 6.07) is -0.383. The Morgan fingerprint density at radius 3 is 2.76 bits per heavy atom. The number of nitrogens with two attached hydrogens (primary N) is 1. The molecule has 0 aliphatic carbocycles. The minimum absolute atomic E-state index is 0.0265. The Kier molecular flexibility index (Phi) is 6.47. The smallest absolute Gasteiger partial charge is 0.237 e. The molecule has 1 saturated heterocycles. The van der Waals surface area contributed by atoms with Crippen LogP contribution in [0.3, 0.4) is 0 Å². The lowest BCUT2D eigenvalue weighted by Gasteiger charge is -2.27. The summed E-state index contributed by atoms with van der Waals surface area (Å²) < 4.78 is 5.26. The highest BCUT2D eigenvalue weighted by atomic mass is 16.5. The van der Waals surface area contributed by atoms with E-state index in [1.807, 2.05) is 7.05 Å². The van der Waals surface area contributed by atoms with Crippen molar-refractivity contribution in [1.29, 1.82) is 0 Å². The number of likely N-dealkylation sites (N-methyl/N-ethyl adjacent to an activating group) is 1. The van der Waals surface area contributed by atoms with Gasteiger partial charge >= 0.3 is 0 Å². The molecule has 3 N–H and O–H groups in total. The Balaban J connectivity index is 2.21. The SMILES string of the molecule is CCN(C)CCNC(=O)C(N)C1CCOCC1.